The Hall–Kier alpha value is -0.120. The Balaban J connectivity index is 1.73. The summed E-state index contributed by atoms with van der Waals surface area (Å²) in [6, 6.07) is 2.21. The molecule has 0 aromatic rings. The van der Waals surface area contributed by atoms with E-state index in [1.54, 1.807) is 0 Å². The van der Waals surface area contributed by atoms with Crippen molar-refractivity contribution >= 4 is 0 Å². The van der Waals surface area contributed by atoms with Crippen molar-refractivity contribution in [3.63, 3.8) is 0 Å². The van der Waals surface area contributed by atoms with Crippen molar-refractivity contribution in [1.82, 2.24) is 15.1 Å². The average Bonchev–Trinajstić information content (AvgIpc) is 2.75. The maximum atomic E-state index is 3.59. The first-order valence-electron chi connectivity index (χ1n) is 6.84. The van der Waals surface area contributed by atoms with E-state index in [0.717, 1.165) is 6.04 Å². The molecule has 3 nitrogen and oxygen atoms in total. The molecule has 3 heteroatoms. The summed E-state index contributed by atoms with van der Waals surface area (Å²) in [4.78, 5) is 5.15. The number of likely N-dealkylation sites (N-methyl/N-ethyl adjacent to an activating group) is 1. The van der Waals surface area contributed by atoms with E-state index in [-0.39, 0.29) is 0 Å². The monoisotopic (exact) mass is 225 g/mol. The maximum Gasteiger partial charge on any atom is 0.0195 e. The maximum absolute atomic E-state index is 3.59. The van der Waals surface area contributed by atoms with Gasteiger partial charge in [0.05, 0.1) is 0 Å². The Kier molecular flexibility index (Phi) is 4.22. The summed E-state index contributed by atoms with van der Waals surface area (Å²) in [7, 11) is 2.26. The van der Waals surface area contributed by atoms with Gasteiger partial charge in [-0.25, -0.2) is 0 Å². The number of rotatable bonds is 3. The molecule has 3 unspecified atom stereocenters. The molecule has 2 aliphatic heterocycles. The molecule has 0 aromatic heterocycles. The lowest BCUT2D eigenvalue weighted by atomic mass is 10.1. The Morgan fingerprint density at radius 1 is 1.19 bits per heavy atom. The van der Waals surface area contributed by atoms with Crippen molar-refractivity contribution in [2.75, 3.05) is 33.2 Å². The molecule has 0 bridgehead atoms. The number of nitrogens with one attached hydrogen (secondary N) is 1. The van der Waals surface area contributed by atoms with Crippen LogP contribution in [0.4, 0.5) is 0 Å². The molecule has 2 aliphatic rings. The van der Waals surface area contributed by atoms with E-state index >= 15 is 0 Å². The van der Waals surface area contributed by atoms with E-state index in [4.69, 9.17) is 0 Å². The minimum Gasteiger partial charge on any atom is -0.314 e. The molecule has 0 aliphatic carbocycles. The number of hydrogen-bond acceptors (Lipinski definition) is 3. The van der Waals surface area contributed by atoms with Crippen LogP contribution in [0.3, 0.4) is 0 Å². The molecule has 94 valence electrons. The Labute approximate surface area is 100 Å². The van der Waals surface area contributed by atoms with Gasteiger partial charge < -0.3 is 10.2 Å². The summed E-state index contributed by atoms with van der Waals surface area (Å²) in [5.74, 6) is 0. The number of hydrogen-bond donors (Lipinski definition) is 1. The molecule has 0 saturated carbocycles. The standard InChI is InChI=1S/C13H27N3/c1-11-9-16(10-12(2)15(11)3)8-6-13-5-4-7-14-13/h11-14H,4-10H2,1-3H3. The van der Waals surface area contributed by atoms with E-state index in [9.17, 15) is 0 Å². The summed E-state index contributed by atoms with van der Waals surface area (Å²) in [6.07, 6.45) is 4.10. The van der Waals surface area contributed by atoms with Crippen LogP contribution in [-0.4, -0.2) is 61.2 Å². The first kappa shape index (κ1) is 12.3. The van der Waals surface area contributed by atoms with E-state index in [1.807, 2.05) is 0 Å². The van der Waals surface area contributed by atoms with Crippen LogP contribution in [0.25, 0.3) is 0 Å². The minimum atomic E-state index is 0.709. The molecule has 16 heavy (non-hydrogen) atoms. The fourth-order valence-corrected chi connectivity index (χ4v) is 3.04. The fraction of sp³-hybridized carbons (Fsp3) is 1.00. The van der Waals surface area contributed by atoms with Crippen molar-refractivity contribution in [3.05, 3.63) is 0 Å². The largest absolute Gasteiger partial charge is 0.314 e. The highest BCUT2D eigenvalue weighted by atomic mass is 15.3. The van der Waals surface area contributed by atoms with Crippen LogP contribution in [0, 0.1) is 0 Å². The van der Waals surface area contributed by atoms with Gasteiger partial charge in [0.2, 0.25) is 0 Å². The van der Waals surface area contributed by atoms with Gasteiger partial charge in [-0.3, -0.25) is 4.90 Å². The van der Waals surface area contributed by atoms with Crippen molar-refractivity contribution in [2.45, 2.75) is 51.2 Å². The minimum absolute atomic E-state index is 0.709. The first-order chi connectivity index (χ1) is 7.66. The highest BCUT2D eigenvalue weighted by Crippen LogP contribution is 2.15. The van der Waals surface area contributed by atoms with Gasteiger partial charge >= 0.3 is 0 Å². The molecule has 2 saturated heterocycles. The van der Waals surface area contributed by atoms with Gasteiger partial charge in [0, 0.05) is 31.2 Å². The van der Waals surface area contributed by atoms with Crippen LogP contribution >= 0.6 is 0 Å². The van der Waals surface area contributed by atoms with Crippen molar-refractivity contribution in [3.8, 4) is 0 Å². The van der Waals surface area contributed by atoms with Gasteiger partial charge in [0.25, 0.3) is 0 Å². The van der Waals surface area contributed by atoms with Crippen LogP contribution in [0.15, 0.2) is 0 Å². The molecule has 0 aromatic carbocycles. The molecule has 1 N–H and O–H groups in total. The van der Waals surface area contributed by atoms with Gasteiger partial charge in [0.15, 0.2) is 0 Å². The zero-order chi connectivity index (χ0) is 11.5. The second-order valence-electron chi connectivity index (χ2n) is 5.71. The molecule has 2 heterocycles. The second kappa shape index (κ2) is 5.48. The molecule has 3 atom stereocenters. The molecule has 0 amide bonds. The van der Waals surface area contributed by atoms with Crippen LogP contribution in [0.1, 0.15) is 33.1 Å². The lowest BCUT2D eigenvalue weighted by Crippen LogP contribution is -2.55. The van der Waals surface area contributed by atoms with Crippen molar-refractivity contribution < 1.29 is 0 Å². The smallest absolute Gasteiger partial charge is 0.0195 e. The van der Waals surface area contributed by atoms with Crippen LogP contribution in [0.5, 0.6) is 0 Å². The SMILES string of the molecule is CC1CN(CCC2CCCN2)CC(C)N1C. The molecule has 2 fully saturated rings. The summed E-state index contributed by atoms with van der Waals surface area (Å²) >= 11 is 0. The lowest BCUT2D eigenvalue weighted by Gasteiger charge is -2.42. The number of piperazine rings is 1. The quantitative estimate of drug-likeness (QED) is 0.777. The third kappa shape index (κ3) is 2.96. The highest BCUT2D eigenvalue weighted by molar-refractivity contribution is 4.84. The van der Waals surface area contributed by atoms with E-state index < -0.39 is 0 Å². The van der Waals surface area contributed by atoms with Crippen LogP contribution < -0.4 is 5.32 Å². The second-order valence-corrected chi connectivity index (χ2v) is 5.71. The Bertz CT molecular complexity index is 201. The zero-order valence-electron chi connectivity index (χ0n) is 11.1. The van der Waals surface area contributed by atoms with E-state index in [0.29, 0.717) is 12.1 Å². The lowest BCUT2D eigenvalue weighted by molar-refractivity contribution is 0.0581. The summed E-state index contributed by atoms with van der Waals surface area (Å²) in [5.41, 5.74) is 0. The summed E-state index contributed by atoms with van der Waals surface area (Å²) < 4.78 is 0. The molecular weight excluding hydrogens is 198 g/mol. The van der Waals surface area contributed by atoms with Crippen LogP contribution in [-0.2, 0) is 0 Å². The molecule has 0 radical (unpaired) electrons. The van der Waals surface area contributed by atoms with Crippen molar-refractivity contribution in [1.29, 1.82) is 0 Å². The van der Waals surface area contributed by atoms with Crippen molar-refractivity contribution in [2.24, 2.45) is 0 Å². The van der Waals surface area contributed by atoms with Gasteiger partial charge in [0.1, 0.15) is 0 Å². The summed E-state index contributed by atoms with van der Waals surface area (Å²) in [6.45, 7) is 9.69. The highest BCUT2D eigenvalue weighted by Gasteiger charge is 2.26. The number of nitrogens with zero attached hydrogens (tertiary/aromatic N) is 2. The average molecular weight is 225 g/mol. The van der Waals surface area contributed by atoms with E-state index in [2.05, 4.69) is 36.0 Å². The normalized spacial score (nSPS) is 38.1. The van der Waals surface area contributed by atoms with Crippen LogP contribution in [0.2, 0.25) is 0 Å². The first-order valence-corrected chi connectivity index (χ1v) is 6.84. The molecule has 2 rings (SSSR count). The van der Waals surface area contributed by atoms with E-state index in [1.165, 1.54) is 45.4 Å². The molecular formula is C13H27N3. The zero-order valence-corrected chi connectivity index (χ0v) is 11.1. The molecule has 0 spiro atoms. The van der Waals surface area contributed by atoms with Gasteiger partial charge in [-0.2, -0.15) is 0 Å². The Morgan fingerprint density at radius 2 is 1.88 bits per heavy atom. The Morgan fingerprint density at radius 3 is 2.44 bits per heavy atom. The van der Waals surface area contributed by atoms with Gasteiger partial charge in [-0.1, -0.05) is 0 Å². The fourth-order valence-electron chi connectivity index (χ4n) is 3.04. The topological polar surface area (TPSA) is 18.5 Å². The predicted octanol–water partition coefficient (Wildman–Crippen LogP) is 1.15. The summed E-state index contributed by atoms with van der Waals surface area (Å²) in [5, 5.41) is 3.59. The third-order valence-electron chi connectivity index (χ3n) is 4.39. The predicted molar refractivity (Wildman–Crippen MR) is 68.8 cm³/mol. The van der Waals surface area contributed by atoms with Gasteiger partial charge in [-0.15, -0.1) is 0 Å². The van der Waals surface area contributed by atoms with Gasteiger partial charge in [-0.05, 0) is 53.2 Å². The third-order valence-corrected chi connectivity index (χ3v) is 4.39.